The van der Waals surface area contributed by atoms with Gasteiger partial charge in [-0.1, -0.05) is 81.4 Å². The van der Waals surface area contributed by atoms with Crippen molar-refractivity contribution in [2.24, 2.45) is 5.92 Å². The molecule has 0 spiro atoms. The summed E-state index contributed by atoms with van der Waals surface area (Å²) in [6, 6.07) is 20.4. The predicted molar refractivity (Wildman–Crippen MR) is 137 cm³/mol. The van der Waals surface area contributed by atoms with E-state index < -0.39 is 38.1 Å². The minimum Gasteiger partial charge on any atom is -0.444 e. The van der Waals surface area contributed by atoms with Crippen molar-refractivity contribution in [2.75, 3.05) is 19.7 Å². The summed E-state index contributed by atoms with van der Waals surface area (Å²) in [5.74, 6) is -0.524. The number of benzene rings is 2. The number of likely N-dealkylation sites (tertiary alicyclic amines) is 1. The summed E-state index contributed by atoms with van der Waals surface area (Å²) in [6.07, 6.45) is -2.05. The number of hydrogen-bond acceptors (Lipinski definition) is 5. The lowest BCUT2D eigenvalue weighted by atomic mass is 9.93. The van der Waals surface area contributed by atoms with Crippen molar-refractivity contribution in [1.82, 2.24) is 4.90 Å². The Morgan fingerprint density at radius 3 is 1.85 bits per heavy atom. The Morgan fingerprint density at radius 2 is 1.44 bits per heavy atom. The van der Waals surface area contributed by atoms with Crippen LogP contribution >= 0.6 is 0 Å². The zero-order valence-corrected chi connectivity index (χ0v) is 22.2. The second kappa shape index (κ2) is 10.2. The smallest absolute Gasteiger partial charge is 0.410 e. The molecule has 1 fully saturated rings. The minimum atomic E-state index is -2.95. The predicted octanol–water partition coefficient (Wildman–Crippen LogP) is 3.15. The van der Waals surface area contributed by atoms with Crippen LogP contribution in [0.1, 0.15) is 41.5 Å². The maximum atomic E-state index is 12.9. The lowest BCUT2D eigenvalue weighted by Gasteiger charge is -2.49. The third kappa shape index (κ3) is 5.54. The van der Waals surface area contributed by atoms with E-state index in [1.165, 1.54) is 0 Å². The Bertz CT molecular complexity index is 899. The van der Waals surface area contributed by atoms with Crippen LogP contribution in [0.2, 0.25) is 5.04 Å². The molecule has 3 atom stereocenters. The summed E-state index contributed by atoms with van der Waals surface area (Å²) in [5.41, 5.74) is -0.643. The lowest BCUT2D eigenvalue weighted by Crippen LogP contribution is -2.70. The van der Waals surface area contributed by atoms with Crippen LogP contribution < -0.4 is 10.4 Å². The minimum absolute atomic E-state index is 0.192. The topological polar surface area (TPSA) is 79.2 Å². The van der Waals surface area contributed by atoms with Gasteiger partial charge in [0.2, 0.25) is 0 Å². The molecule has 6 nitrogen and oxygen atoms in total. The molecule has 186 valence electrons. The van der Waals surface area contributed by atoms with E-state index in [2.05, 4.69) is 45.0 Å². The Morgan fingerprint density at radius 1 is 0.941 bits per heavy atom. The average Bonchev–Trinajstić information content (AvgIpc) is 2.77. The molecule has 7 heteroatoms. The van der Waals surface area contributed by atoms with E-state index in [9.17, 15) is 15.0 Å². The van der Waals surface area contributed by atoms with E-state index in [0.717, 1.165) is 10.4 Å². The summed E-state index contributed by atoms with van der Waals surface area (Å²) in [5, 5.41) is 23.2. The molecule has 2 aromatic carbocycles. The number of piperidine rings is 1. The van der Waals surface area contributed by atoms with Crippen LogP contribution in [0.25, 0.3) is 0 Å². The van der Waals surface area contributed by atoms with Crippen molar-refractivity contribution in [3.05, 3.63) is 60.7 Å². The van der Waals surface area contributed by atoms with Crippen LogP contribution in [0.4, 0.5) is 4.79 Å². The molecular weight excluding hydrogens is 446 g/mol. The quantitative estimate of drug-likeness (QED) is 0.636. The highest BCUT2D eigenvalue weighted by molar-refractivity contribution is 6.99. The molecule has 1 unspecified atom stereocenters. The summed E-state index contributed by atoms with van der Waals surface area (Å²) < 4.78 is 12.7. The number of carbonyl (C=O) groups is 1. The molecule has 1 aliphatic rings. The van der Waals surface area contributed by atoms with E-state index in [0.29, 0.717) is 0 Å². The highest BCUT2D eigenvalue weighted by Gasteiger charge is 2.53. The summed E-state index contributed by atoms with van der Waals surface area (Å²) in [7, 11) is -2.95. The van der Waals surface area contributed by atoms with Crippen LogP contribution in [0.5, 0.6) is 0 Å². The van der Waals surface area contributed by atoms with Gasteiger partial charge in [-0.25, -0.2) is 4.79 Å². The van der Waals surface area contributed by atoms with Crippen molar-refractivity contribution >= 4 is 24.8 Å². The Kier molecular flexibility index (Phi) is 7.92. The van der Waals surface area contributed by atoms with E-state index >= 15 is 0 Å². The number of aliphatic hydroxyl groups excluding tert-OH is 2. The standard InChI is InChI=1S/C27H39NO5Si/c1-26(2,3)32-25(31)28-17-20(19-29)24(30)23(18-28)33-34(27(4,5)6,21-13-9-7-10-14-21)22-15-11-8-12-16-22/h7-16,20,23-24,29-30H,17-19H2,1-6H3/t20-,23?,24-/m1/s1. The molecule has 3 rings (SSSR count). The zero-order chi connectivity index (χ0) is 25.1. The molecule has 1 aliphatic heterocycles. The van der Waals surface area contributed by atoms with Crippen LogP contribution in [0.3, 0.4) is 0 Å². The van der Waals surface area contributed by atoms with Crippen LogP contribution in [-0.2, 0) is 9.16 Å². The fourth-order valence-electron chi connectivity index (χ4n) is 4.76. The summed E-state index contributed by atoms with van der Waals surface area (Å²) >= 11 is 0. The molecule has 0 saturated carbocycles. The van der Waals surface area contributed by atoms with E-state index in [1.54, 1.807) is 4.90 Å². The lowest BCUT2D eigenvalue weighted by molar-refractivity contribution is -0.0807. The van der Waals surface area contributed by atoms with Crippen molar-refractivity contribution in [3.63, 3.8) is 0 Å². The van der Waals surface area contributed by atoms with Gasteiger partial charge in [-0.05, 0) is 36.2 Å². The second-order valence-corrected chi connectivity index (χ2v) is 15.4. The molecule has 0 radical (unpaired) electrons. The van der Waals surface area contributed by atoms with Gasteiger partial charge in [0.1, 0.15) is 5.60 Å². The van der Waals surface area contributed by atoms with Crippen molar-refractivity contribution in [2.45, 2.75) is 64.4 Å². The first-order valence-electron chi connectivity index (χ1n) is 11.9. The molecule has 34 heavy (non-hydrogen) atoms. The van der Waals surface area contributed by atoms with Crippen molar-refractivity contribution < 1.29 is 24.2 Å². The first-order chi connectivity index (χ1) is 15.9. The number of ether oxygens (including phenoxy) is 1. The summed E-state index contributed by atoms with van der Waals surface area (Å²) in [6.45, 7) is 12.1. The second-order valence-electron chi connectivity index (χ2n) is 11.1. The van der Waals surface area contributed by atoms with E-state index in [1.807, 2.05) is 57.2 Å². The fourth-order valence-corrected chi connectivity index (χ4v) is 9.44. The van der Waals surface area contributed by atoms with Crippen LogP contribution in [0, 0.1) is 5.92 Å². The van der Waals surface area contributed by atoms with Gasteiger partial charge in [-0.15, -0.1) is 0 Å². The Balaban J connectivity index is 2.08. The maximum Gasteiger partial charge on any atom is 0.410 e. The average molecular weight is 486 g/mol. The van der Waals surface area contributed by atoms with E-state index in [4.69, 9.17) is 9.16 Å². The third-order valence-electron chi connectivity index (χ3n) is 6.35. The molecule has 0 aliphatic carbocycles. The van der Waals surface area contributed by atoms with Gasteiger partial charge < -0.3 is 24.3 Å². The zero-order valence-electron chi connectivity index (χ0n) is 21.2. The number of hydrogen-bond donors (Lipinski definition) is 2. The van der Waals surface area contributed by atoms with Gasteiger partial charge in [0.25, 0.3) is 8.32 Å². The normalized spacial score (nSPS) is 21.9. The van der Waals surface area contributed by atoms with Gasteiger partial charge in [0.05, 0.1) is 25.4 Å². The molecule has 0 bridgehead atoms. The van der Waals surface area contributed by atoms with Gasteiger partial charge in [0, 0.05) is 12.5 Å². The first-order valence-corrected chi connectivity index (χ1v) is 13.9. The van der Waals surface area contributed by atoms with Crippen molar-refractivity contribution in [3.8, 4) is 0 Å². The highest BCUT2D eigenvalue weighted by atomic mass is 28.4. The highest BCUT2D eigenvalue weighted by Crippen LogP contribution is 2.39. The SMILES string of the molecule is CC(C)(C)OC(=O)N1CC(O[Si](c2ccccc2)(c2ccccc2)C(C)(C)C)[C@H](O)[C@@H](CO)C1. The largest absolute Gasteiger partial charge is 0.444 e. The molecule has 1 heterocycles. The molecule has 2 aromatic rings. The van der Waals surface area contributed by atoms with Gasteiger partial charge in [-0.3, -0.25) is 0 Å². The number of aliphatic hydroxyl groups is 2. The Hall–Kier alpha value is -2.19. The Labute approximate surface area is 204 Å². The first kappa shape index (κ1) is 26.4. The number of nitrogens with zero attached hydrogens (tertiary/aromatic N) is 1. The van der Waals surface area contributed by atoms with Gasteiger partial charge >= 0.3 is 6.09 Å². The summed E-state index contributed by atoms with van der Waals surface area (Å²) in [4.78, 5) is 14.5. The molecule has 1 saturated heterocycles. The monoisotopic (exact) mass is 485 g/mol. The van der Waals surface area contributed by atoms with Gasteiger partial charge in [0.15, 0.2) is 0 Å². The van der Waals surface area contributed by atoms with Crippen molar-refractivity contribution in [1.29, 1.82) is 0 Å². The van der Waals surface area contributed by atoms with Crippen LogP contribution in [-0.4, -0.2) is 67.0 Å². The number of carbonyl (C=O) groups excluding carboxylic acids is 1. The number of rotatable bonds is 5. The molecule has 1 amide bonds. The fraction of sp³-hybridized carbons (Fsp3) is 0.519. The number of amides is 1. The van der Waals surface area contributed by atoms with Crippen LogP contribution in [0.15, 0.2) is 60.7 Å². The molecular formula is C27H39NO5Si. The molecule has 2 N–H and O–H groups in total. The maximum absolute atomic E-state index is 12.9. The third-order valence-corrected chi connectivity index (χ3v) is 11.4. The van der Waals surface area contributed by atoms with Gasteiger partial charge in [-0.2, -0.15) is 0 Å². The molecule has 0 aromatic heterocycles. The van der Waals surface area contributed by atoms with E-state index in [-0.39, 0.29) is 24.7 Å².